The predicted octanol–water partition coefficient (Wildman–Crippen LogP) is 17.7. The first-order valence-electron chi connectivity index (χ1n) is 28.9. The van der Waals surface area contributed by atoms with Crippen molar-refractivity contribution in [1.29, 1.82) is 0 Å². The molecular formula is C58H113NO5. The zero-order valence-corrected chi connectivity index (χ0v) is 43.4. The molecule has 0 rings (SSSR count). The number of ether oxygens (including phenoxy) is 1. The van der Waals surface area contributed by atoms with Gasteiger partial charge in [-0.25, -0.2) is 0 Å². The molecule has 0 fully saturated rings. The van der Waals surface area contributed by atoms with Crippen LogP contribution in [0.2, 0.25) is 0 Å². The van der Waals surface area contributed by atoms with Gasteiger partial charge >= 0.3 is 5.97 Å². The van der Waals surface area contributed by atoms with Crippen molar-refractivity contribution < 1.29 is 24.5 Å². The number of hydrogen-bond donors (Lipinski definition) is 3. The molecule has 0 aliphatic rings. The minimum absolute atomic E-state index is 0.0815. The van der Waals surface area contributed by atoms with E-state index in [9.17, 15) is 19.8 Å². The summed E-state index contributed by atoms with van der Waals surface area (Å²) in [5, 5.41) is 23.9. The molecule has 1 amide bonds. The van der Waals surface area contributed by atoms with Gasteiger partial charge in [0.25, 0.3) is 0 Å². The van der Waals surface area contributed by atoms with Crippen LogP contribution < -0.4 is 5.32 Å². The lowest BCUT2D eigenvalue weighted by Crippen LogP contribution is -2.46. The molecule has 0 radical (unpaired) electrons. The van der Waals surface area contributed by atoms with E-state index in [4.69, 9.17) is 4.74 Å². The molecule has 64 heavy (non-hydrogen) atoms. The van der Waals surface area contributed by atoms with Gasteiger partial charge in [0.15, 0.2) is 0 Å². The van der Waals surface area contributed by atoms with Crippen LogP contribution in [0.4, 0.5) is 0 Å². The molecule has 3 unspecified atom stereocenters. The minimum atomic E-state index is -0.783. The van der Waals surface area contributed by atoms with Crippen LogP contribution in [-0.2, 0) is 14.3 Å². The second-order valence-corrected chi connectivity index (χ2v) is 20.1. The maximum atomic E-state index is 13.2. The molecule has 0 aliphatic heterocycles. The topological polar surface area (TPSA) is 95.9 Å². The molecule has 380 valence electrons. The Morgan fingerprint density at radius 2 is 0.750 bits per heavy atom. The normalized spacial score (nSPS) is 13.1. The Morgan fingerprint density at radius 1 is 0.438 bits per heavy atom. The van der Waals surface area contributed by atoms with E-state index in [0.29, 0.717) is 19.3 Å². The second kappa shape index (κ2) is 52.6. The fourth-order valence-corrected chi connectivity index (χ4v) is 9.19. The van der Waals surface area contributed by atoms with Gasteiger partial charge in [-0.1, -0.05) is 270 Å². The highest BCUT2D eigenvalue weighted by molar-refractivity contribution is 5.77. The number of unbranched alkanes of at least 4 members (excludes halogenated alkanes) is 39. The van der Waals surface area contributed by atoms with Crippen molar-refractivity contribution in [3.05, 3.63) is 12.2 Å². The number of allylic oxidation sites excluding steroid dienone is 2. The summed E-state index contributed by atoms with van der Waals surface area (Å²) in [6, 6.07) is -0.697. The van der Waals surface area contributed by atoms with Gasteiger partial charge in [-0.2, -0.15) is 0 Å². The summed E-state index contributed by atoms with van der Waals surface area (Å²) in [6.45, 7) is 6.52. The maximum Gasteiger partial charge on any atom is 0.306 e. The molecule has 0 saturated carbocycles. The summed E-state index contributed by atoms with van der Waals surface area (Å²) in [7, 11) is 0. The molecule has 0 aliphatic carbocycles. The molecule has 0 heterocycles. The first-order chi connectivity index (χ1) is 31.5. The molecule has 0 spiro atoms. The van der Waals surface area contributed by atoms with Gasteiger partial charge in [0.05, 0.1) is 25.2 Å². The highest BCUT2D eigenvalue weighted by atomic mass is 16.5. The molecule has 0 bridgehead atoms. The van der Waals surface area contributed by atoms with Gasteiger partial charge in [-0.15, -0.1) is 0 Å². The van der Waals surface area contributed by atoms with Crippen molar-refractivity contribution >= 4 is 11.9 Å². The quantitative estimate of drug-likeness (QED) is 0.0321. The Morgan fingerprint density at radius 3 is 1.11 bits per heavy atom. The van der Waals surface area contributed by atoms with E-state index in [1.54, 1.807) is 0 Å². The molecular weight excluding hydrogens is 791 g/mol. The zero-order valence-electron chi connectivity index (χ0n) is 43.4. The van der Waals surface area contributed by atoms with Gasteiger partial charge in [0.1, 0.15) is 6.10 Å². The Balaban J connectivity index is 4.39. The molecule has 0 aromatic heterocycles. The van der Waals surface area contributed by atoms with Gasteiger partial charge in [-0.3, -0.25) is 9.59 Å². The van der Waals surface area contributed by atoms with Crippen LogP contribution in [0.15, 0.2) is 12.2 Å². The molecule has 3 N–H and O–H groups in total. The fraction of sp³-hybridized carbons (Fsp3) is 0.931. The van der Waals surface area contributed by atoms with Crippen molar-refractivity contribution in [3.8, 4) is 0 Å². The van der Waals surface area contributed by atoms with Crippen LogP contribution in [0.5, 0.6) is 0 Å². The van der Waals surface area contributed by atoms with Crippen molar-refractivity contribution in [3.63, 3.8) is 0 Å². The Bertz CT molecular complexity index is 970. The molecule has 0 aromatic rings. The van der Waals surface area contributed by atoms with Crippen molar-refractivity contribution in [2.75, 3.05) is 6.61 Å². The third kappa shape index (κ3) is 47.1. The van der Waals surface area contributed by atoms with Gasteiger partial charge in [-0.05, 0) is 51.4 Å². The Labute approximate surface area is 399 Å². The summed E-state index contributed by atoms with van der Waals surface area (Å²) in [5.41, 5.74) is 0. The third-order valence-corrected chi connectivity index (χ3v) is 13.6. The first kappa shape index (κ1) is 62.6. The number of amides is 1. The number of carbonyl (C=O) groups is 2. The summed E-state index contributed by atoms with van der Waals surface area (Å²) in [5.74, 6) is -0.463. The molecule has 0 saturated heterocycles. The molecule has 3 atom stereocenters. The zero-order chi connectivity index (χ0) is 46.7. The monoisotopic (exact) mass is 904 g/mol. The van der Waals surface area contributed by atoms with Gasteiger partial charge < -0.3 is 20.3 Å². The van der Waals surface area contributed by atoms with Crippen LogP contribution in [0.25, 0.3) is 0 Å². The average molecular weight is 905 g/mol. The number of carbonyl (C=O) groups excluding carboxylic acids is 2. The lowest BCUT2D eigenvalue weighted by Gasteiger charge is -2.24. The van der Waals surface area contributed by atoms with E-state index in [1.165, 1.54) is 225 Å². The smallest absolute Gasteiger partial charge is 0.306 e. The van der Waals surface area contributed by atoms with E-state index in [-0.39, 0.29) is 24.9 Å². The lowest BCUT2D eigenvalue weighted by atomic mass is 10.0. The molecule has 6 heteroatoms. The van der Waals surface area contributed by atoms with Crippen LogP contribution in [0, 0.1) is 0 Å². The fourth-order valence-electron chi connectivity index (χ4n) is 9.19. The van der Waals surface area contributed by atoms with Gasteiger partial charge in [0, 0.05) is 6.42 Å². The molecule has 0 aromatic carbocycles. The van der Waals surface area contributed by atoms with E-state index in [1.807, 2.05) is 0 Å². The number of nitrogens with one attached hydrogen (secondary N) is 1. The first-order valence-corrected chi connectivity index (χ1v) is 28.9. The maximum absolute atomic E-state index is 13.2. The average Bonchev–Trinajstić information content (AvgIpc) is 3.29. The van der Waals surface area contributed by atoms with E-state index < -0.39 is 18.2 Å². The van der Waals surface area contributed by atoms with Crippen molar-refractivity contribution in [2.45, 2.75) is 341 Å². The molecule has 6 nitrogen and oxygen atoms in total. The lowest BCUT2D eigenvalue weighted by molar-refractivity contribution is -0.151. The van der Waals surface area contributed by atoms with Crippen LogP contribution in [-0.4, -0.2) is 46.9 Å². The van der Waals surface area contributed by atoms with Crippen LogP contribution in [0.1, 0.15) is 323 Å². The summed E-state index contributed by atoms with van der Waals surface area (Å²) in [6.07, 6.45) is 60.0. The summed E-state index contributed by atoms with van der Waals surface area (Å²) < 4.78 is 5.95. The van der Waals surface area contributed by atoms with Gasteiger partial charge in [0.2, 0.25) is 5.91 Å². The number of aliphatic hydroxyl groups excluding tert-OH is 2. The number of esters is 1. The van der Waals surface area contributed by atoms with E-state index >= 15 is 0 Å². The minimum Gasteiger partial charge on any atom is -0.462 e. The standard InChI is InChI=1S/C58H113NO5/c1-4-7-10-13-16-19-22-24-26-28-30-32-34-36-39-42-45-48-51-58(63)64-54(49-46-43-40-37-21-18-15-12-9-6-3)52-57(62)59-55(53-60)56(61)50-47-44-41-38-35-33-31-29-27-25-23-20-17-14-11-8-5-2/h30,32,54-56,60-61H,4-29,31,33-53H2,1-3H3,(H,59,62)/b32-30+. The number of hydrogen-bond acceptors (Lipinski definition) is 5. The summed E-state index contributed by atoms with van der Waals surface area (Å²) in [4.78, 5) is 26.2. The third-order valence-electron chi connectivity index (χ3n) is 13.6. The highest BCUT2D eigenvalue weighted by Crippen LogP contribution is 2.19. The largest absolute Gasteiger partial charge is 0.462 e. The Hall–Kier alpha value is -1.40. The van der Waals surface area contributed by atoms with Crippen LogP contribution in [0.3, 0.4) is 0 Å². The SMILES string of the molecule is CCCCCCCCCCC/C=C/CCCCCCCC(=O)OC(CCCCCCCCCCCC)CC(=O)NC(CO)C(O)CCCCCCCCCCCCCCCCCCC. The van der Waals surface area contributed by atoms with Crippen molar-refractivity contribution in [2.24, 2.45) is 0 Å². The van der Waals surface area contributed by atoms with Crippen LogP contribution >= 0.6 is 0 Å². The summed E-state index contributed by atoms with van der Waals surface area (Å²) >= 11 is 0. The van der Waals surface area contributed by atoms with Crippen molar-refractivity contribution in [1.82, 2.24) is 5.32 Å². The number of rotatable bonds is 53. The number of aliphatic hydroxyl groups is 2. The van der Waals surface area contributed by atoms with E-state index in [0.717, 1.165) is 51.4 Å². The Kier molecular flexibility index (Phi) is 51.4. The predicted molar refractivity (Wildman–Crippen MR) is 278 cm³/mol. The second-order valence-electron chi connectivity index (χ2n) is 20.1. The highest BCUT2D eigenvalue weighted by Gasteiger charge is 2.24. The van der Waals surface area contributed by atoms with E-state index in [2.05, 4.69) is 38.2 Å².